The lowest BCUT2D eigenvalue weighted by molar-refractivity contribution is -0.134. The van der Waals surface area contributed by atoms with Gasteiger partial charge in [-0.15, -0.1) is 0 Å². The van der Waals surface area contributed by atoms with Gasteiger partial charge in [-0.2, -0.15) is 11.3 Å². The number of thiophene rings is 1. The number of carbonyl (C=O) groups is 1. The van der Waals surface area contributed by atoms with E-state index in [1.165, 1.54) is 5.56 Å². The van der Waals surface area contributed by atoms with E-state index in [2.05, 4.69) is 29.1 Å². The molecule has 19 heavy (non-hydrogen) atoms. The van der Waals surface area contributed by atoms with E-state index in [1.807, 2.05) is 11.8 Å². The van der Waals surface area contributed by atoms with E-state index < -0.39 is 0 Å². The lowest BCUT2D eigenvalue weighted by Crippen LogP contribution is -2.44. The third kappa shape index (κ3) is 2.30. The fourth-order valence-electron chi connectivity index (χ4n) is 3.02. The van der Waals surface area contributed by atoms with E-state index in [1.54, 1.807) is 11.3 Å². The molecular formula is C14H20N2O2S. The molecule has 1 aromatic heterocycles. The third-order valence-corrected chi connectivity index (χ3v) is 4.81. The van der Waals surface area contributed by atoms with Gasteiger partial charge in [0.05, 0.1) is 18.2 Å². The quantitative estimate of drug-likeness (QED) is 0.922. The molecule has 1 amide bonds. The number of amides is 1. The molecule has 0 aromatic carbocycles. The number of nitrogens with zero attached hydrogens (tertiary/aromatic N) is 1. The molecule has 2 aliphatic rings. The number of carbonyl (C=O) groups excluding carboxylic acids is 1. The summed E-state index contributed by atoms with van der Waals surface area (Å²) < 4.78 is 5.76. The zero-order chi connectivity index (χ0) is 13.4. The van der Waals surface area contributed by atoms with Crippen LogP contribution in [0.1, 0.15) is 38.4 Å². The second-order valence-electron chi connectivity index (χ2n) is 5.39. The smallest absolute Gasteiger partial charge is 0.241 e. The predicted molar refractivity (Wildman–Crippen MR) is 74.9 cm³/mol. The number of nitrogens with one attached hydrogen (secondary N) is 1. The molecule has 4 atom stereocenters. The second kappa shape index (κ2) is 5.23. The van der Waals surface area contributed by atoms with Crippen molar-refractivity contribution in [2.24, 2.45) is 0 Å². The number of rotatable bonds is 3. The monoisotopic (exact) mass is 280 g/mol. The van der Waals surface area contributed by atoms with Crippen molar-refractivity contribution in [3.05, 3.63) is 22.4 Å². The fourth-order valence-corrected chi connectivity index (χ4v) is 3.70. The summed E-state index contributed by atoms with van der Waals surface area (Å²) in [5.74, 6) is 0.180. The molecule has 104 valence electrons. The number of ether oxygens (including phenoxy) is 1. The summed E-state index contributed by atoms with van der Waals surface area (Å²) in [5.41, 5.74) is 1.17. The van der Waals surface area contributed by atoms with E-state index in [9.17, 15) is 4.79 Å². The number of hydrogen-bond acceptors (Lipinski definition) is 4. The van der Waals surface area contributed by atoms with Gasteiger partial charge in [0.2, 0.25) is 5.91 Å². The summed E-state index contributed by atoms with van der Waals surface area (Å²) in [7, 11) is 0. The van der Waals surface area contributed by atoms with Crippen LogP contribution >= 0.6 is 11.3 Å². The van der Waals surface area contributed by atoms with Crippen molar-refractivity contribution < 1.29 is 9.53 Å². The van der Waals surface area contributed by atoms with Crippen LogP contribution in [0.15, 0.2) is 16.8 Å². The SMILES string of the molecule is CC1NC(c2ccsc2)N(C(C)C2CCCO2)C1=O. The summed E-state index contributed by atoms with van der Waals surface area (Å²) in [4.78, 5) is 14.4. The van der Waals surface area contributed by atoms with E-state index in [0.29, 0.717) is 0 Å². The zero-order valence-corrected chi connectivity index (χ0v) is 12.2. The molecule has 1 N–H and O–H groups in total. The average Bonchev–Trinajstić information content (AvgIpc) is 3.11. The van der Waals surface area contributed by atoms with Gasteiger partial charge in [-0.25, -0.2) is 0 Å². The Labute approximate surface area is 117 Å². The normalized spacial score (nSPS) is 33.1. The molecule has 5 heteroatoms. The molecule has 4 unspecified atom stereocenters. The summed E-state index contributed by atoms with van der Waals surface area (Å²) in [6.45, 7) is 4.86. The topological polar surface area (TPSA) is 41.6 Å². The van der Waals surface area contributed by atoms with Crippen molar-refractivity contribution in [1.82, 2.24) is 10.2 Å². The molecule has 3 heterocycles. The molecule has 2 fully saturated rings. The average molecular weight is 280 g/mol. The Bertz CT molecular complexity index is 442. The minimum Gasteiger partial charge on any atom is -0.376 e. The highest BCUT2D eigenvalue weighted by Crippen LogP contribution is 2.32. The molecule has 0 aliphatic carbocycles. The van der Waals surface area contributed by atoms with E-state index >= 15 is 0 Å². The fraction of sp³-hybridized carbons (Fsp3) is 0.643. The molecule has 0 spiro atoms. The molecule has 2 saturated heterocycles. The summed E-state index contributed by atoms with van der Waals surface area (Å²) >= 11 is 1.67. The molecule has 0 bridgehead atoms. The molecule has 4 nitrogen and oxygen atoms in total. The highest BCUT2D eigenvalue weighted by molar-refractivity contribution is 7.07. The summed E-state index contributed by atoms with van der Waals surface area (Å²) in [6.07, 6.45) is 2.32. The maximum absolute atomic E-state index is 12.4. The van der Waals surface area contributed by atoms with Crippen molar-refractivity contribution in [3.63, 3.8) is 0 Å². The molecule has 0 saturated carbocycles. The first-order valence-electron chi connectivity index (χ1n) is 6.90. The van der Waals surface area contributed by atoms with Crippen LogP contribution in [0.2, 0.25) is 0 Å². The first-order valence-corrected chi connectivity index (χ1v) is 7.84. The highest BCUT2D eigenvalue weighted by Gasteiger charge is 2.42. The summed E-state index contributed by atoms with van der Waals surface area (Å²) in [6, 6.07) is 2.09. The Balaban J connectivity index is 1.84. The van der Waals surface area contributed by atoms with Crippen molar-refractivity contribution in [2.75, 3.05) is 6.61 Å². The molecule has 0 radical (unpaired) electrons. The maximum Gasteiger partial charge on any atom is 0.241 e. The van der Waals surface area contributed by atoms with Gasteiger partial charge in [-0.1, -0.05) is 0 Å². The highest BCUT2D eigenvalue weighted by atomic mass is 32.1. The first kappa shape index (κ1) is 13.1. The Kier molecular flexibility index (Phi) is 3.60. The molecule has 2 aliphatic heterocycles. The van der Waals surface area contributed by atoms with Crippen LogP contribution in [-0.4, -0.2) is 35.6 Å². The van der Waals surface area contributed by atoms with E-state index in [4.69, 9.17) is 4.74 Å². The van der Waals surface area contributed by atoms with Crippen molar-refractivity contribution in [1.29, 1.82) is 0 Å². The van der Waals surface area contributed by atoms with Crippen molar-refractivity contribution in [3.8, 4) is 0 Å². The minimum atomic E-state index is -0.117. The van der Waals surface area contributed by atoms with Crippen LogP contribution in [0.5, 0.6) is 0 Å². The van der Waals surface area contributed by atoms with Crippen LogP contribution in [0.3, 0.4) is 0 Å². The van der Waals surface area contributed by atoms with E-state index in [0.717, 1.165) is 19.4 Å². The van der Waals surface area contributed by atoms with Crippen LogP contribution in [0.25, 0.3) is 0 Å². The Morgan fingerprint density at radius 2 is 2.42 bits per heavy atom. The van der Waals surface area contributed by atoms with Gasteiger partial charge in [0.1, 0.15) is 6.17 Å². The predicted octanol–water partition coefficient (Wildman–Crippen LogP) is 2.13. The molecular weight excluding hydrogens is 260 g/mol. The van der Waals surface area contributed by atoms with Gasteiger partial charge in [0.25, 0.3) is 0 Å². The number of hydrogen-bond donors (Lipinski definition) is 1. The third-order valence-electron chi connectivity index (χ3n) is 4.11. The Morgan fingerprint density at radius 1 is 1.58 bits per heavy atom. The first-order chi connectivity index (χ1) is 9.18. The zero-order valence-electron chi connectivity index (χ0n) is 11.3. The second-order valence-corrected chi connectivity index (χ2v) is 6.17. The van der Waals surface area contributed by atoms with Gasteiger partial charge in [-0.05, 0) is 49.1 Å². The van der Waals surface area contributed by atoms with Gasteiger partial charge < -0.3 is 9.64 Å². The van der Waals surface area contributed by atoms with Crippen LogP contribution in [0.4, 0.5) is 0 Å². The van der Waals surface area contributed by atoms with Gasteiger partial charge in [0.15, 0.2) is 0 Å². The largest absolute Gasteiger partial charge is 0.376 e. The van der Waals surface area contributed by atoms with Crippen LogP contribution < -0.4 is 5.32 Å². The Morgan fingerprint density at radius 3 is 3.05 bits per heavy atom. The van der Waals surface area contributed by atoms with Gasteiger partial charge >= 0.3 is 0 Å². The van der Waals surface area contributed by atoms with Crippen molar-refractivity contribution >= 4 is 17.2 Å². The van der Waals surface area contributed by atoms with E-state index in [-0.39, 0.29) is 30.3 Å². The van der Waals surface area contributed by atoms with Crippen molar-refractivity contribution in [2.45, 2.75) is 51.0 Å². The molecule has 1 aromatic rings. The Hall–Kier alpha value is -0.910. The van der Waals surface area contributed by atoms with Crippen LogP contribution in [-0.2, 0) is 9.53 Å². The lowest BCUT2D eigenvalue weighted by atomic mass is 10.1. The maximum atomic E-state index is 12.4. The standard InChI is InChI=1S/C14H20N2O2S/c1-9-14(17)16(10(2)12-4-3-6-18-12)13(15-9)11-5-7-19-8-11/h5,7-10,12-13,15H,3-4,6H2,1-2H3. The van der Waals surface area contributed by atoms with Gasteiger partial charge in [-0.3, -0.25) is 10.1 Å². The summed E-state index contributed by atoms with van der Waals surface area (Å²) in [5, 5.41) is 7.55. The minimum absolute atomic E-state index is 0.00653. The lowest BCUT2D eigenvalue weighted by Gasteiger charge is -2.33. The molecule has 3 rings (SSSR count). The van der Waals surface area contributed by atoms with Gasteiger partial charge in [0, 0.05) is 6.61 Å². The van der Waals surface area contributed by atoms with Crippen LogP contribution in [0, 0.1) is 0 Å².